The standard InChI is InChI=1S/C13H24N2O2S/c1-10-9-18-12(15-10)11(14-6-7-16-4)8-13(2,3)17-5/h9,11,14H,6-8H2,1-5H3. The van der Waals surface area contributed by atoms with E-state index in [1.165, 1.54) is 0 Å². The van der Waals surface area contributed by atoms with Gasteiger partial charge in [0.2, 0.25) is 0 Å². The third kappa shape index (κ3) is 5.02. The lowest BCUT2D eigenvalue weighted by molar-refractivity contribution is 0.00630. The van der Waals surface area contributed by atoms with Crippen molar-refractivity contribution in [2.75, 3.05) is 27.4 Å². The van der Waals surface area contributed by atoms with Crippen molar-refractivity contribution in [3.05, 3.63) is 16.1 Å². The molecule has 0 radical (unpaired) electrons. The number of aromatic nitrogens is 1. The molecular weight excluding hydrogens is 248 g/mol. The predicted molar refractivity (Wildman–Crippen MR) is 75.2 cm³/mol. The highest BCUT2D eigenvalue weighted by Gasteiger charge is 2.25. The summed E-state index contributed by atoms with van der Waals surface area (Å²) in [4.78, 5) is 4.57. The van der Waals surface area contributed by atoms with Crippen molar-refractivity contribution in [1.29, 1.82) is 0 Å². The Labute approximate surface area is 114 Å². The number of ether oxygens (including phenoxy) is 2. The second-order valence-electron chi connectivity index (χ2n) is 4.99. The molecule has 0 amide bonds. The number of thiazole rings is 1. The minimum atomic E-state index is -0.162. The van der Waals surface area contributed by atoms with Gasteiger partial charge in [0, 0.05) is 31.8 Å². The van der Waals surface area contributed by atoms with Gasteiger partial charge in [0.15, 0.2) is 0 Å². The molecule has 4 nitrogen and oxygen atoms in total. The van der Waals surface area contributed by atoms with E-state index in [0.29, 0.717) is 6.61 Å². The van der Waals surface area contributed by atoms with E-state index in [1.54, 1.807) is 25.6 Å². The molecule has 0 aromatic carbocycles. The second kappa shape index (κ2) is 7.19. The van der Waals surface area contributed by atoms with Crippen LogP contribution in [-0.4, -0.2) is 38.0 Å². The van der Waals surface area contributed by atoms with Crippen LogP contribution in [0.5, 0.6) is 0 Å². The van der Waals surface area contributed by atoms with Gasteiger partial charge in [0.25, 0.3) is 0 Å². The molecule has 0 aliphatic heterocycles. The van der Waals surface area contributed by atoms with Gasteiger partial charge in [-0.3, -0.25) is 0 Å². The van der Waals surface area contributed by atoms with Crippen LogP contribution in [0, 0.1) is 6.92 Å². The maximum absolute atomic E-state index is 5.51. The monoisotopic (exact) mass is 272 g/mol. The molecule has 5 heteroatoms. The first-order chi connectivity index (χ1) is 8.48. The minimum absolute atomic E-state index is 0.162. The van der Waals surface area contributed by atoms with E-state index in [0.717, 1.165) is 23.7 Å². The van der Waals surface area contributed by atoms with E-state index in [1.807, 2.05) is 6.92 Å². The van der Waals surface area contributed by atoms with Crippen molar-refractivity contribution in [1.82, 2.24) is 10.3 Å². The quantitative estimate of drug-likeness (QED) is 0.739. The molecule has 0 saturated carbocycles. The topological polar surface area (TPSA) is 43.4 Å². The van der Waals surface area contributed by atoms with E-state index in [2.05, 4.69) is 29.5 Å². The van der Waals surface area contributed by atoms with Gasteiger partial charge in [-0.25, -0.2) is 4.98 Å². The Kier molecular flexibility index (Phi) is 6.21. The Morgan fingerprint density at radius 3 is 2.67 bits per heavy atom. The zero-order chi connectivity index (χ0) is 13.6. The van der Waals surface area contributed by atoms with Gasteiger partial charge in [0.05, 0.1) is 18.2 Å². The number of rotatable bonds is 8. The maximum Gasteiger partial charge on any atom is 0.110 e. The molecule has 0 aliphatic carbocycles. The molecule has 1 atom stereocenters. The van der Waals surface area contributed by atoms with Crippen molar-refractivity contribution >= 4 is 11.3 Å². The fourth-order valence-electron chi connectivity index (χ4n) is 1.69. The lowest BCUT2D eigenvalue weighted by Crippen LogP contribution is -2.33. The molecule has 1 heterocycles. The highest BCUT2D eigenvalue weighted by molar-refractivity contribution is 7.09. The largest absolute Gasteiger partial charge is 0.383 e. The average molecular weight is 272 g/mol. The molecule has 0 spiro atoms. The number of hydrogen-bond donors (Lipinski definition) is 1. The molecule has 1 N–H and O–H groups in total. The Hall–Kier alpha value is -0.490. The summed E-state index contributed by atoms with van der Waals surface area (Å²) in [5.74, 6) is 0. The zero-order valence-electron chi connectivity index (χ0n) is 11.9. The SMILES string of the molecule is COCCNC(CC(C)(C)OC)c1nc(C)cs1. The summed E-state index contributed by atoms with van der Waals surface area (Å²) >= 11 is 1.70. The summed E-state index contributed by atoms with van der Waals surface area (Å²) < 4.78 is 10.6. The molecule has 1 unspecified atom stereocenters. The molecule has 0 aliphatic rings. The van der Waals surface area contributed by atoms with Crippen molar-refractivity contribution < 1.29 is 9.47 Å². The van der Waals surface area contributed by atoms with Crippen LogP contribution >= 0.6 is 11.3 Å². The van der Waals surface area contributed by atoms with Gasteiger partial charge >= 0.3 is 0 Å². The fraction of sp³-hybridized carbons (Fsp3) is 0.769. The van der Waals surface area contributed by atoms with Gasteiger partial charge in [-0.15, -0.1) is 11.3 Å². The molecule has 1 aromatic rings. The van der Waals surface area contributed by atoms with E-state index in [4.69, 9.17) is 9.47 Å². The van der Waals surface area contributed by atoms with Crippen molar-refractivity contribution in [2.45, 2.75) is 38.8 Å². The molecule has 0 bridgehead atoms. The van der Waals surface area contributed by atoms with Gasteiger partial charge in [-0.05, 0) is 27.2 Å². The van der Waals surface area contributed by atoms with Crippen LogP contribution in [0.1, 0.15) is 37.0 Å². The fourth-order valence-corrected chi connectivity index (χ4v) is 2.56. The van der Waals surface area contributed by atoms with Gasteiger partial charge < -0.3 is 14.8 Å². The molecule has 104 valence electrons. The number of aryl methyl sites for hydroxylation is 1. The highest BCUT2D eigenvalue weighted by atomic mass is 32.1. The summed E-state index contributed by atoms with van der Waals surface area (Å²) in [6, 6.07) is 0.216. The first kappa shape index (κ1) is 15.6. The van der Waals surface area contributed by atoms with Crippen LogP contribution in [-0.2, 0) is 9.47 Å². The van der Waals surface area contributed by atoms with Crippen molar-refractivity contribution in [3.8, 4) is 0 Å². The third-order valence-corrected chi connectivity index (χ3v) is 3.96. The third-order valence-electron chi connectivity index (χ3n) is 2.88. The minimum Gasteiger partial charge on any atom is -0.383 e. The van der Waals surface area contributed by atoms with E-state index in [-0.39, 0.29) is 11.6 Å². The van der Waals surface area contributed by atoms with Crippen LogP contribution in [0.4, 0.5) is 0 Å². The lowest BCUT2D eigenvalue weighted by Gasteiger charge is -2.28. The van der Waals surface area contributed by atoms with E-state index in [9.17, 15) is 0 Å². The van der Waals surface area contributed by atoms with Crippen molar-refractivity contribution in [3.63, 3.8) is 0 Å². The lowest BCUT2D eigenvalue weighted by atomic mass is 9.99. The van der Waals surface area contributed by atoms with Crippen LogP contribution < -0.4 is 5.32 Å². The molecule has 0 fully saturated rings. The van der Waals surface area contributed by atoms with Gasteiger partial charge in [-0.1, -0.05) is 0 Å². The van der Waals surface area contributed by atoms with Crippen LogP contribution in [0.2, 0.25) is 0 Å². The normalized spacial score (nSPS) is 13.8. The summed E-state index contributed by atoms with van der Waals surface area (Å²) in [7, 11) is 3.46. The smallest absolute Gasteiger partial charge is 0.110 e. The Morgan fingerprint density at radius 1 is 1.44 bits per heavy atom. The summed E-state index contributed by atoms with van der Waals surface area (Å²) in [5, 5.41) is 6.69. The predicted octanol–water partition coefficient (Wildman–Crippen LogP) is 2.54. The summed E-state index contributed by atoms with van der Waals surface area (Å²) in [6.07, 6.45) is 0.889. The molecule has 18 heavy (non-hydrogen) atoms. The van der Waals surface area contributed by atoms with Gasteiger partial charge in [-0.2, -0.15) is 0 Å². The first-order valence-corrected chi connectivity index (χ1v) is 7.06. The molecule has 1 aromatic heterocycles. The summed E-state index contributed by atoms with van der Waals surface area (Å²) in [5.41, 5.74) is 0.911. The first-order valence-electron chi connectivity index (χ1n) is 6.18. The average Bonchev–Trinajstić information content (AvgIpc) is 2.75. The van der Waals surface area contributed by atoms with E-state index >= 15 is 0 Å². The van der Waals surface area contributed by atoms with E-state index < -0.39 is 0 Å². The number of hydrogen-bond acceptors (Lipinski definition) is 5. The van der Waals surface area contributed by atoms with Gasteiger partial charge in [0.1, 0.15) is 5.01 Å². The Morgan fingerprint density at radius 2 is 2.17 bits per heavy atom. The highest BCUT2D eigenvalue weighted by Crippen LogP contribution is 2.27. The number of nitrogens with zero attached hydrogens (tertiary/aromatic N) is 1. The molecule has 0 saturated heterocycles. The molecule has 1 rings (SSSR count). The van der Waals surface area contributed by atoms with Crippen LogP contribution in [0.15, 0.2) is 5.38 Å². The summed E-state index contributed by atoms with van der Waals surface area (Å²) in [6.45, 7) is 7.73. The van der Waals surface area contributed by atoms with Crippen LogP contribution in [0.3, 0.4) is 0 Å². The second-order valence-corrected chi connectivity index (χ2v) is 5.88. The zero-order valence-corrected chi connectivity index (χ0v) is 12.8. The Bertz CT molecular complexity index is 353. The maximum atomic E-state index is 5.51. The number of methoxy groups -OCH3 is 2. The van der Waals surface area contributed by atoms with Crippen LogP contribution in [0.25, 0.3) is 0 Å². The number of nitrogens with one attached hydrogen (secondary N) is 1. The van der Waals surface area contributed by atoms with Crippen molar-refractivity contribution in [2.24, 2.45) is 0 Å². The Balaban J connectivity index is 2.69. The molecular formula is C13H24N2O2S.